The Morgan fingerprint density at radius 1 is 1.27 bits per heavy atom. The first-order valence-electron chi connectivity index (χ1n) is 9.91. The Labute approximate surface area is 174 Å². The Bertz CT molecular complexity index is 1210. The minimum atomic E-state index is -0.974. The molecule has 3 heterocycles. The predicted molar refractivity (Wildman–Crippen MR) is 115 cm³/mol. The highest BCUT2D eigenvalue weighted by atomic mass is 16.4. The highest BCUT2D eigenvalue weighted by Gasteiger charge is 2.15. The van der Waals surface area contributed by atoms with E-state index in [9.17, 15) is 9.90 Å². The number of rotatable bonds is 7. The van der Waals surface area contributed by atoms with Crippen LogP contribution in [0.25, 0.3) is 11.0 Å². The summed E-state index contributed by atoms with van der Waals surface area (Å²) in [5, 5.41) is 12.7. The van der Waals surface area contributed by atoms with Gasteiger partial charge in [0.2, 0.25) is 5.95 Å². The minimum absolute atomic E-state index is 0.209. The second-order valence-electron chi connectivity index (χ2n) is 7.31. The fourth-order valence-corrected chi connectivity index (χ4v) is 3.82. The topological polar surface area (TPSA) is 93.2 Å². The molecule has 0 aliphatic carbocycles. The molecule has 0 aliphatic heterocycles. The number of aryl methyl sites for hydroxylation is 1. The Morgan fingerprint density at radius 3 is 2.80 bits per heavy atom. The monoisotopic (exact) mass is 404 g/mol. The number of benzene rings is 1. The minimum Gasteiger partial charge on any atom is -0.478 e. The standard InChI is InChI=1S/C23H24N4O3/c1-4-18-14(2)11-24-20(15(18)3)12-25-23-26-19-10-16(22(28)29)7-8-21(19)27(23)13-17-6-5-9-30-17/h5-11H,4,12-13H2,1-3H3,(H,25,26)(H,28,29). The van der Waals surface area contributed by atoms with Crippen LogP contribution < -0.4 is 5.32 Å². The van der Waals surface area contributed by atoms with Crippen molar-refractivity contribution >= 4 is 23.0 Å². The molecular weight excluding hydrogens is 380 g/mol. The molecule has 0 aliphatic rings. The van der Waals surface area contributed by atoms with Gasteiger partial charge in [0.1, 0.15) is 5.76 Å². The van der Waals surface area contributed by atoms with Gasteiger partial charge in [-0.05, 0) is 67.3 Å². The number of imidazole rings is 1. The van der Waals surface area contributed by atoms with Crippen LogP contribution in [-0.4, -0.2) is 25.6 Å². The molecule has 7 nitrogen and oxygen atoms in total. The van der Waals surface area contributed by atoms with E-state index in [1.807, 2.05) is 22.9 Å². The van der Waals surface area contributed by atoms with Crippen molar-refractivity contribution < 1.29 is 14.3 Å². The van der Waals surface area contributed by atoms with Crippen molar-refractivity contribution in [2.45, 2.75) is 40.3 Å². The lowest BCUT2D eigenvalue weighted by Gasteiger charge is -2.14. The number of nitrogens with zero attached hydrogens (tertiary/aromatic N) is 3. The van der Waals surface area contributed by atoms with E-state index in [1.165, 1.54) is 16.7 Å². The molecule has 0 saturated heterocycles. The average Bonchev–Trinajstić information content (AvgIpc) is 3.36. The smallest absolute Gasteiger partial charge is 0.335 e. The predicted octanol–water partition coefficient (Wildman–Crippen LogP) is 4.56. The molecule has 0 spiro atoms. The molecule has 0 bridgehead atoms. The summed E-state index contributed by atoms with van der Waals surface area (Å²) in [6, 6.07) is 8.71. The highest BCUT2D eigenvalue weighted by Crippen LogP contribution is 2.24. The van der Waals surface area contributed by atoms with E-state index in [4.69, 9.17) is 4.42 Å². The first-order chi connectivity index (χ1) is 14.5. The van der Waals surface area contributed by atoms with Gasteiger partial charge in [-0.3, -0.25) is 4.98 Å². The Morgan fingerprint density at radius 2 is 2.10 bits per heavy atom. The summed E-state index contributed by atoms with van der Waals surface area (Å²) < 4.78 is 7.51. The molecule has 4 aromatic rings. The van der Waals surface area contributed by atoms with Crippen LogP contribution in [0.1, 0.15) is 45.4 Å². The van der Waals surface area contributed by atoms with Crippen LogP contribution in [0.2, 0.25) is 0 Å². The van der Waals surface area contributed by atoms with Crippen molar-refractivity contribution in [1.29, 1.82) is 0 Å². The van der Waals surface area contributed by atoms with Gasteiger partial charge < -0.3 is 19.4 Å². The van der Waals surface area contributed by atoms with Gasteiger partial charge in [0, 0.05) is 6.20 Å². The summed E-state index contributed by atoms with van der Waals surface area (Å²) in [7, 11) is 0. The lowest BCUT2D eigenvalue weighted by molar-refractivity contribution is 0.0697. The number of anilines is 1. The molecule has 0 fully saturated rings. The summed E-state index contributed by atoms with van der Waals surface area (Å²) in [6.45, 7) is 7.33. The number of pyridine rings is 1. The van der Waals surface area contributed by atoms with Crippen molar-refractivity contribution in [2.24, 2.45) is 0 Å². The molecule has 0 saturated carbocycles. The van der Waals surface area contributed by atoms with E-state index >= 15 is 0 Å². The second kappa shape index (κ2) is 8.02. The van der Waals surface area contributed by atoms with Crippen LogP contribution in [0, 0.1) is 13.8 Å². The quantitative estimate of drug-likeness (QED) is 0.469. The molecular formula is C23H24N4O3. The van der Waals surface area contributed by atoms with Crippen molar-refractivity contribution in [3.8, 4) is 0 Å². The zero-order valence-electron chi connectivity index (χ0n) is 17.3. The van der Waals surface area contributed by atoms with Gasteiger partial charge in [-0.1, -0.05) is 6.92 Å². The number of aromatic nitrogens is 3. The summed E-state index contributed by atoms with van der Waals surface area (Å²) in [5.74, 6) is 0.458. The van der Waals surface area contributed by atoms with Crippen molar-refractivity contribution in [1.82, 2.24) is 14.5 Å². The fraction of sp³-hybridized carbons (Fsp3) is 0.261. The summed E-state index contributed by atoms with van der Waals surface area (Å²) in [4.78, 5) is 20.6. The highest BCUT2D eigenvalue weighted by molar-refractivity contribution is 5.93. The van der Waals surface area contributed by atoms with Gasteiger partial charge in [-0.25, -0.2) is 9.78 Å². The molecule has 2 N–H and O–H groups in total. The van der Waals surface area contributed by atoms with Crippen LogP contribution in [-0.2, 0) is 19.5 Å². The van der Waals surface area contributed by atoms with Gasteiger partial charge in [0.15, 0.2) is 0 Å². The van der Waals surface area contributed by atoms with Gasteiger partial charge in [0.05, 0.1) is 41.6 Å². The molecule has 4 rings (SSSR count). The van der Waals surface area contributed by atoms with Gasteiger partial charge >= 0.3 is 5.97 Å². The van der Waals surface area contributed by atoms with Crippen LogP contribution >= 0.6 is 0 Å². The molecule has 0 unspecified atom stereocenters. The number of carboxylic acid groups (broad SMARTS) is 1. The van der Waals surface area contributed by atoms with E-state index in [1.54, 1.807) is 24.5 Å². The molecule has 0 amide bonds. The lowest BCUT2D eigenvalue weighted by Crippen LogP contribution is -2.11. The van der Waals surface area contributed by atoms with Crippen molar-refractivity contribution in [3.63, 3.8) is 0 Å². The van der Waals surface area contributed by atoms with Crippen LogP contribution in [0.4, 0.5) is 5.95 Å². The third kappa shape index (κ3) is 3.66. The number of hydrogen-bond acceptors (Lipinski definition) is 5. The third-order valence-corrected chi connectivity index (χ3v) is 5.43. The van der Waals surface area contributed by atoms with Crippen LogP contribution in [0.5, 0.6) is 0 Å². The van der Waals surface area contributed by atoms with Gasteiger partial charge in [0.25, 0.3) is 0 Å². The van der Waals surface area contributed by atoms with E-state index in [0.717, 1.165) is 23.4 Å². The first kappa shape index (κ1) is 19.7. The summed E-state index contributed by atoms with van der Waals surface area (Å²) in [6.07, 6.45) is 4.51. The largest absolute Gasteiger partial charge is 0.478 e. The van der Waals surface area contributed by atoms with Crippen LogP contribution in [0.15, 0.2) is 47.2 Å². The van der Waals surface area contributed by atoms with Crippen molar-refractivity contribution in [2.75, 3.05) is 5.32 Å². The number of fused-ring (bicyclic) bond motifs is 1. The van der Waals surface area contributed by atoms with Crippen molar-refractivity contribution in [3.05, 3.63) is 76.5 Å². The van der Waals surface area contributed by atoms with E-state index < -0.39 is 5.97 Å². The lowest BCUT2D eigenvalue weighted by atomic mass is 10.0. The van der Waals surface area contributed by atoms with Gasteiger partial charge in [-0.2, -0.15) is 0 Å². The average molecular weight is 404 g/mol. The zero-order valence-corrected chi connectivity index (χ0v) is 17.3. The maximum absolute atomic E-state index is 11.4. The first-order valence-corrected chi connectivity index (χ1v) is 9.91. The van der Waals surface area contributed by atoms with Gasteiger partial charge in [-0.15, -0.1) is 0 Å². The normalized spacial score (nSPS) is 11.2. The summed E-state index contributed by atoms with van der Waals surface area (Å²) in [5.41, 5.74) is 6.34. The molecule has 0 radical (unpaired) electrons. The number of hydrogen-bond donors (Lipinski definition) is 2. The number of aromatic carboxylic acids is 1. The maximum Gasteiger partial charge on any atom is 0.335 e. The molecule has 154 valence electrons. The number of furan rings is 1. The number of carbonyl (C=O) groups is 1. The molecule has 30 heavy (non-hydrogen) atoms. The second-order valence-corrected chi connectivity index (χ2v) is 7.31. The number of nitrogens with one attached hydrogen (secondary N) is 1. The molecule has 3 aromatic heterocycles. The summed E-state index contributed by atoms with van der Waals surface area (Å²) >= 11 is 0. The van der Waals surface area contributed by atoms with E-state index in [0.29, 0.717) is 24.6 Å². The van der Waals surface area contributed by atoms with E-state index in [2.05, 4.69) is 36.1 Å². The third-order valence-electron chi connectivity index (χ3n) is 5.43. The van der Waals surface area contributed by atoms with Crippen LogP contribution in [0.3, 0.4) is 0 Å². The zero-order chi connectivity index (χ0) is 21.3. The molecule has 7 heteroatoms. The SMILES string of the molecule is CCc1c(C)cnc(CNc2nc3cc(C(=O)O)ccc3n2Cc2ccco2)c1C. The Balaban J connectivity index is 1.71. The Kier molecular flexibility index (Phi) is 5.27. The number of carboxylic acids is 1. The van der Waals surface area contributed by atoms with E-state index in [-0.39, 0.29) is 5.56 Å². The maximum atomic E-state index is 11.4. The Hall–Kier alpha value is -3.61. The fourth-order valence-electron chi connectivity index (χ4n) is 3.82. The molecule has 1 aromatic carbocycles. The molecule has 0 atom stereocenters.